The number of ether oxygens (including phenoxy) is 1. The van der Waals surface area contributed by atoms with Gasteiger partial charge in [0.05, 0.1) is 0 Å². The SMILES string of the molecule is Cc1ccccc1CN(C(=O)COc1ccccc1C(C)C)[C@H](C)C(=O)NC1CCCC1. The second kappa shape index (κ2) is 11.2. The fraction of sp³-hybridized carbons (Fsp3) is 0.481. The van der Waals surface area contributed by atoms with E-state index < -0.39 is 6.04 Å². The minimum atomic E-state index is -0.577. The highest BCUT2D eigenvalue weighted by atomic mass is 16.5. The van der Waals surface area contributed by atoms with Crippen LogP contribution in [0.4, 0.5) is 0 Å². The molecule has 1 N–H and O–H groups in total. The van der Waals surface area contributed by atoms with Gasteiger partial charge in [-0.2, -0.15) is 0 Å². The average Bonchev–Trinajstić information content (AvgIpc) is 3.29. The monoisotopic (exact) mass is 436 g/mol. The van der Waals surface area contributed by atoms with Crippen molar-refractivity contribution in [2.75, 3.05) is 6.61 Å². The lowest BCUT2D eigenvalue weighted by atomic mass is 10.0. The molecule has 0 spiro atoms. The Morgan fingerprint density at radius 2 is 1.69 bits per heavy atom. The number of para-hydroxylation sites is 1. The van der Waals surface area contributed by atoms with E-state index in [-0.39, 0.29) is 24.5 Å². The van der Waals surface area contributed by atoms with Gasteiger partial charge in [-0.3, -0.25) is 9.59 Å². The van der Waals surface area contributed by atoms with Gasteiger partial charge in [0.2, 0.25) is 5.91 Å². The Kier molecular flexibility index (Phi) is 8.32. The van der Waals surface area contributed by atoms with Crippen LogP contribution in [0.5, 0.6) is 5.75 Å². The molecule has 172 valence electrons. The molecule has 0 radical (unpaired) electrons. The minimum Gasteiger partial charge on any atom is -0.483 e. The van der Waals surface area contributed by atoms with Gasteiger partial charge in [-0.15, -0.1) is 0 Å². The Balaban J connectivity index is 1.75. The van der Waals surface area contributed by atoms with Crippen molar-refractivity contribution in [1.29, 1.82) is 0 Å². The number of amides is 2. The Morgan fingerprint density at radius 1 is 1.03 bits per heavy atom. The maximum atomic E-state index is 13.3. The summed E-state index contributed by atoms with van der Waals surface area (Å²) in [5, 5.41) is 3.14. The van der Waals surface area contributed by atoms with Crippen LogP contribution in [0.25, 0.3) is 0 Å². The van der Waals surface area contributed by atoms with Gasteiger partial charge in [0, 0.05) is 12.6 Å². The smallest absolute Gasteiger partial charge is 0.261 e. The quantitative estimate of drug-likeness (QED) is 0.604. The first-order valence-corrected chi connectivity index (χ1v) is 11.7. The van der Waals surface area contributed by atoms with E-state index in [1.807, 2.05) is 62.4 Å². The van der Waals surface area contributed by atoms with Crippen molar-refractivity contribution in [3.63, 3.8) is 0 Å². The van der Waals surface area contributed by atoms with E-state index in [1.165, 1.54) is 0 Å². The number of carbonyl (C=O) groups excluding carboxylic acids is 2. The van der Waals surface area contributed by atoms with Gasteiger partial charge in [-0.05, 0) is 55.4 Å². The van der Waals surface area contributed by atoms with Crippen LogP contribution in [-0.4, -0.2) is 35.4 Å². The zero-order valence-corrected chi connectivity index (χ0v) is 19.8. The molecule has 0 saturated heterocycles. The molecular weight excluding hydrogens is 400 g/mol. The summed E-state index contributed by atoms with van der Waals surface area (Å²) in [7, 11) is 0. The Morgan fingerprint density at radius 3 is 2.38 bits per heavy atom. The molecule has 0 unspecified atom stereocenters. The van der Waals surface area contributed by atoms with Gasteiger partial charge in [0.15, 0.2) is 6.61 Å². The fourth-order valence-electron chi connectivity index (χ4n) is 4.26. The summed E-state index contributed by atoms with van der Waals surface area (Å²) in [4.78, 5) is 28.0. The van der Waals surface area contributed by atoms with Gasteiger partial charge in [0.1, 0.15) is 11.8 Å². The van der Waals surface area contributed by atoms with Crippen LogP contribution in [0.2, 0.25) is 0 Å². The third-order valence-corrected chi connectivity index (χ3v) is 6.36. The fourth-order valence-corrected chi connectivity index (χ4v) is 4.26. The minimum absolute atomic E-state index is 0.0959. The number of hydrogen-bond acceptors (Lipinski definition) is 3. The lowest BCUT2D eigenvalue weighted by molar-refractivity contribution is -0.142. The van der Waals surface area contributed by atoms with E-state index in [4.69, 9.17) is 4.74 Å². The number of nitrogens with zero attached hydrogens (tertiary/aromatic N) is 1. The molecule has 2 aromatic rings. The molecular formula is C27H36N2O3. The molecule has 3 rings (SSSR count). The summed E-state index contributed by atoms with van der Waals surface area (Å²) in [5.41, 5.74) is 3.20. The molecule has 2 amide bonds. The summed E-state index contributed by atoms with van der Waals surface area (Å²) in [6, 6.07) is 15.4. The van der Waals surface area contributed by atoms with Crippen LogP contribution in [0.15, 0.2) is 48.5 Å². The highest BCUT2D eigenvalue weighted by molar-refractivity contribution is 5.88. The summed E-state index contributed by atoms with van der Waals surface area (Å²) in [5.74, 6) is 0.720. The highest BCUT2D eigenvalue weighted by Gasteiger charge is 2.29. The Hall–Kier alpha value is -2.82. The van der Waals surface area contributed by atoms with Crippen molar-refractivity contribution >= 4 is 11.8 Å². The Labute approximate surface area is 192 Å². The number of hydrogen-bond donors (Lipinski definition) is 1. The summed E-state index contributed by atoms with van der Waals surface area (Å²) in [6.07, 6.45) is 4.32. The molecule has 0 heterocycles. The molecule has 5 nitrogen and oxygen atoms in total. The van der Waals surface area contributed by atoms with Gasteiger partial charge in [-0.1, -0.05) is 69.2 Å². The molecule has 1 fully saturated rings. The molecule has 0 aliphatic heterocycles. The summed E-state index contributed by atoms with van der Waals surface area (Å²) >= 11 is 0. The van der Waals surface area contributed by atoms with Crippen LogP contribution in [0.1, 0.15) is 69.1 Å². The first-order valence-electron chi connectivity index (χ1n) is 11.7. The van der Waals surface area contributed by atoms with E-state index in [9.17, 15) is 9.59 Å². The number of carbonyl (C=O) groups is 2. The van der Waals surface area contributed by atoms with Crippen molar-refractivity contribution < 1.29 is 14.3 Å². The van der Waals surface area contributed by atoms with E-state index in [2.05, 4.69) is 19.2 Å². The van der Waals surface area contributed by atoms with E-state index in [0.29, 0.717) is 12.5 Å². The number of benzene rings is 2. The number of aryl methyl sites for hydroxylation is 1. The third-order valence-electron chi connectivity index (χ3n) is 6.36. The normalized spacial score (nSPS) is 14.9. The van der Waals surface area contributed by atoms with Crippen molar-refractivity contribution in [3.8, 4) is 5.75 Å². The van der Waals surface area contributed by atoms with E-state index >= 15 is 0 Å². The van der Waals surface area contributed by atoms with E-state index in [0.717, 1.165) is 48.1 Å². The molecule has 1 aliphatic carbocycles. The molecule has 1 saturated carbocycles. The maximum Gasteiger partial charge on any atom is 0.261 e. The third kappa shape index (κ3) is 6.12. The second-order valence-corrected chi connectivity index (χ2v) is 9.10. The van der Waals surface area contributed by atoms with Crippen molar-refractivity contribution in [3.05, 3.63) is 65.2 Å². The summed E-state index contributed by atoms with van der Waals surface area (Å²) < 4.78 is 5.95. The zero-order valence-electron chi connectivity index (χ0n) is 19.8. The summed E-state index contributed by atoms with van der Waals surface area (Å²) in [6.45, 7) is 8.31. The standard InChI is InChI=1S/C27H36N2O3/c1-19(2)24-15-9-10-16-25(24)32-18-26(30)29(17-22-12-6-5-11-20(22)3)21(4)27(31)28-23-13-7-8-14-23/h5-6,9-12,15-16,19,21,23H,7-8,13-14,17-18H2,1-4H3,(H,28,31)/t21-/m1/s1. The lowest BCUT2D eigenvalue weighted by Crippen LogP contribution is -2.50. The molecule has 0 bridgehead atoms. The van der Waals surface area contributed by atoms with Crippen LogP contribution in [-0.2, 0) is 16.1 Å². The maximum absolute atomic E-state index is 13.3. The lowest BCUT2D eigenvalue weighted by Gasteiger charge is -2.30. The van der Waals surface area contributed by atoms with Crippen LogP contribution < -0.4 is 10.1 Å². The first-order chi connectivity index (χ1) is 15.4. The average molecular weight is 437 g/mol. The number of nitrogens with one attached hydrogen (secondary N) is 1. The zero-order chi connectivity index (χ0) is 23.1. The van der Waals surface area contributed by atoms with Gasteiger partial charge >= 0.3 is 0 Å². The molecule has 2 aromatic carbocycles. The number of rotatable bonds is 9. The second-order valence-electron chi connectivity index (χ2n) is 9.10. The largest absolute Gasteiger partial charge is 0.483 e. The molecule has 1 aliphatic rings. The van der Waals surface area contributed by atoms with Crippen LogP contribution in [0.3, 0.4) is 0 Å². The van der Waals surface area contributed by atoms with Crippen molar-refractivity contribution in [1.82, 2.24) is 10.2 Å². The van der Waals surface area contributed by atoms with Crippen molar-refractivity contribution in [2.24, 2.45) is 0 Å². The highest BCUT2D eigenvalue weighted by Crippen LogP contribution is 2.26. The van der Waals surface area contributed by atoms with Gasteiger partial charge in [-0.25, -0.2) is 0 Å². The van der Waals surface area contributed by atoms with Gasteiger partial charge < -0.3 is 15.0 Å². The molecule has 1 atom stereocenters. The van der Waals surface area contributed by atoms with E-state index in [1.54, 1.807) is 4.90 Å². The first kappa shape index (κ1) is 23.8. The predicted octanol–water partition coefficient (Wildman–Crippen LogP) is 4.97. The topological polar surface area (TPSA) is 58.6 Å². The van der Waals surface area contributed by atoms with Gasteiger partial charge in [0.25, 0.3) is 5.91 Å². The molecule has 0 aromatic heterocycles. The molecule has 32 heavy (non-hydrogen) atoms. The van der Waals surface area contributed by atoms with Crippen LogP contribution >= 0.6 is 0 Å². The van der Waals surface area contributed by atoms with Crippen LogP contribution in [0, 0.1) is 6.92 Å². The van der Waals surface area contributed by atoms with Crippen molar-refractivity contribution in [2.45, 2.75) is 77.9 Å². The Bertz CT molecular complexity index is 919. The predicted molar refractivity (Wildman–Crippen MR) is 128 cm³/mol. The molecule has 5 heteroatoms.